The van der Waals surface area contributed by atoms with Gasteiger partial charge in [-0.15, -0.1) is 0 Å². The van der Waals surface area contributed by atoms with Crippen LogP contribution in [0.2, 0.25) is 0 Å². The van der Waals surface area contributed by atoms with Gasteiger partial charge in [-0.3, -0.25) is 4.68 Å². The molecule has 0 bridgehead atoms. The van der Waals surface area contributed by atoms with Gasteiger partial charge in [-0.2, -0.15) is 5.10 Å². The molecule has 1 aliphatic rings. The molecule has 0 aliphatic carbocycles. The second-order valence-corrected chi connectivity index (χ2v) is 4.33. The molecule has 2 aromatic heterocycles. The summed E-state index contributed by atoms with van der Waals surface area (Å²) in [6.45, 7) is 1.75. The number of nitrogens with one attached hydrogen (secondary N) is 3. The van der Waals surface area contributed by atoms with Crippen LogP contribution in [0.1, 0.15) is 11.4 Å². The van der Waals surface area contributed by atoms with E-state index < -0.39 is 0 Å². The molecule has 2 aromatic rings. The number of aryl methyl sites for hydroxylation is 1. The zero-order valence-electron chi connectivity index (χ0n) is 9.77. The van der Waals surface area contributed by atoms with Crippen molar-refractivity contribution >= 4 is 5.82 Å². The lowest BCUT2D eigenvalue weighted by Crippen LogP contribution is -2.40. The average molecular weight is 232 g/mol. The summed E-state index contributed by atoms with van der Waals surface area (Å²) >= 11 is 0. The summed E-state index contributed by atoms with van der Waals surface area (Å²) in [7, 11) is 1.93. The third kappa shape index (κ3) is 2.03. The lowest BCUT2D eigenvalue weighted by molar-refractivity contribution is 0.486. The molecule has 6 heteroatoms. The number of H-pyrrole nitrogens is 1. The highest BCUT2D eigenvalue weighted by Crippen LogP contribution is 2.12. The predicted molar refractivity (Wildman–Crippen MR) is 64.6 cm³/mol. The van der Waals surface area contributed by atoms with Gasteiger partial charge in [-0.05, 0) is 0 Å². The molecule has 1 atom stereocenters. The van der Waals surface area contributed by atoms with E-state index in [-0.39, 0.29) is 0 Å². The summed E-state index contributed by atoms with van der Waals surface area (Å²) in [5, 5.41) is 11.0. The molecule has 0 saturated carbocycles. The van der Waals surface area contributed by atoms with Gasteiger partial charge in [-0.25, -0.2) is 4.98 Å². The second kappa shape index (κ2) is 4.21. The number of hydrogen-bond donors (Lipinski definition) is 3. The Bertz CT molecular complexity index is 500. The third-order valence-corrected chi connectivity index (χ3v) is 3.17. The highest BCUT2D eigenvalue weighted by atomic mass is 15.3. The van der Waals surface area contributed by atoms with Gasteiger partial charge < -0.3 is 15.6 Å². The van der Waals surface area contributed by atoms with Crippen molar-refractivity contribution in [1.29, 1.82) is 0 Å². The van der Waals surface area contributed by atoms with Crippen molar-refractivity contribution < 1.29 is 0 Å². The van der Waals surface area contributed by atoms with Crippen molar-refractivity contribution in [1.82, 2.24) is 25.1 Å². The maximum absolute atomic E-state index is 4.33. The number of nitrogens with zero attached hydrogens (tertiary/aromatic N) is 3. The summed E-state index contributed by atoms with van der Waals surface area (Å²) in [5.41, 5.74) is 2.39. The van der Waals surface area contributed by atoms with E-state index >= 15 is 0 Å². The minimum atomic E-state index is 0.417. The standard InChI is InChI=1S/C11H16N6/c1-17-11(2-3-16-17)13-5-8-4-9-10(6-12-8)15-7-14-9/h2-3,7-8,12-13H,4-6H2,1H3,(H,14,15). The zero-order chi connectivity index (χ0) is 11.7. The number of hydrogen-bond acceptors (Lipinski definition) is 4. The molecule has 1 aliphatic heterocycles. The molecule has 0 spiro atoms. The van der Waals surface area contributed by atoms with Crippen molar-refractivity contribution in [3.63, 3.8) is 0 Å². The van der Waals surface area contributed by atoms with Gasteiger partial charge in [0, 0.05) is 38.7 Å². The van der Waals surface area contributed by atoms with Gasteiger partial charge >= 0.3 is 0 Å². The molecular weight excluding hydrogens is 216 g/mol. The Morgan fingerprint density at radius 3 is 3.35 bits per heavy atom. The van der Waals surface area contributed by atoms with Crippen LogP contribution in [0, 0.1) is 0 Å². The normalized spacial score (nSPS) is 19.0. The molecule has 1 unspecified atom stereocenters. The summed E-state index contributed by atoms with van der Waals surface area (Å²) in [4.78, 5) is 7.48. The van der Waals surface area contributed by atoms with E-state index in [2.05, 4.69) is 25.7 Å². The van der Waals surface area contributed by atoms with E-state index in [1.807, 2.05) is 17.8 Å². The summed E-state index contributed by atoms with van der Waals surface area (Å²) in [6, 6.07) is 2.39. The topological polar surface area (TPSA) is 70.6 Å². The Hall–Kier alpha value is -1.82. The SMILES string of the molecule is Cn1nccc1NCC1Cc2nc[nH]c2CN1. The van der Waals surface area contributed by atoms with Crippen LogP contribution in [0.25, 0.3) is 0 Å². The fraction of sp³-hybridized carbons (Fsp3) is 0.455. The molecule has 3 N–H and O–H groups in total. The van der Waals surface area contributed by atoms with Gasteiger partial charge in [0.15, 0.2) is 0 Å². The molecule has 17 heavy (non-hydrogen) atoms. The smallest absolute Gasteiger partial charge is 0.123 e. The number of anilines is 1. The van der Waals surface area contributed by atoms with Gasteiger partial charge in [0.25, 0.3) is 0 Å². The van der Waals surface area contributed by atoms with Gasteiger partial charge in [0.2, 0.25) is 0 Å². The number of imidazole rings is 1. The van der Waals surface area contributed by atoms with E-state index in [9.17, 15) is 0 Å². The molecule has 0 aromatic carbocycles. The van der Waals surface area contributed by atoms with Crippen molar-refractivity contribution in [2.45, 2.75) is 19.0 Å². The van der Waals surface area contributed by atoms with Crippen LogP contribution in [-0.4, -0.2) is 32.3 Å². The van der Waals surface area contributed by atoms with Gasteiger partial charge in [0.05, 0.1) is 23.9 Å². The molecule has 0 saturated heterocycles. The van der Waals surface area contributed by atoms with Crippen LogP contribution in [0.4, 0.5) is 5.82 Å². The van der Waals surface area contributed by atoms with Crippen LogP contribution in [-0.2, 0) is 20.0 Å². The minimum absolute atomic E-state index is 0.417. The Balaban J connectivity index is 1.59. The fourth-order valence-corrected chi connectivity index (χ4v) is 2.15. The highest BCUT2D eigenvalue weighted by Gasteiger charge is 2.19. The monoisotopic (exact) mass is 232 g/mol. The van der Waals surface area contributed by atoms with Crippen LogP contribution < -0.4 is 10.6 Å². The summed E-state index contributed by atoms with van der Waals surface area (Å²) in [5.74, 6) is 1.04. The minimum Gasteiger partial charge on any atom is -0.369 e. The quantitative estimate of drug-likeness (QED) is 0.710. The first-order valence-electron chi connectivity index (χ1n) is 5.79. The fourth-order valence-electron chi connectivity index (χ4n) is 2.15. The zero-order valence-corrected chi connectivity index (χ0v) is 9.77. The first kappa shape index (κ1) is 10.3. The first-order chi connectivity index (χ1) is 8.33. The molecule has 3 rings (SSSR count). The average Bonchev–Trinajstić information content (AvgIpc) is 2.94. The summed E-state index contributed by atoms with van der Waals surface area (Å²) < 4.78 is 1.84. The molecule has 0 amide bonds. The maximum Gasteiger partial charge on any atom is 0.123 e. The van der Waals surface area contributed by atoms with Crippen LogP contribution in [0.5, 0.6) is 0 Å². The Morgan fingerprint density at radius 1 is 1.59 bits per heavy atom. The Morgan fingerprint density at radius 2 is 2.53 bits per heavy atom. The molecule has 0 radical (unpaired) electrons. The van der Waals surface area contributed by atoms with E-state index in [1.54, 1.807) is 12.5 Å². The van der Waals surface area contributed by atoms with Crippen LogP contribution >= 0.6 is 0 Å². The number of aromatic amines is 1. The van der Waals surface area contributed by atoms with Crippen molar-refractivity contribution in [3.05, 3.63) is 30.0 Å². The molecule has 6 nitrogen and oxygen atoms in total. The Kier molecular flexibility index (Phi) is 2.56. The third-order valence-electron chi connectivity index (χ3n) is 3.17. The number of aromatic nitrogens is 4. The summed E-state index contributed by atoms with van der Waals surface area (Å²) in [6.07, 6.45) is 4.52. The van der Waals surface area contributed by atoms with Crippen LogP contribution in [0.15, 0.2) is 18.6 Å². The van der Waals surface area contributed by atoms with E-state index in [0.717, 1.165) is 25.3 Å². The highest BCUT2D eigenvalue weighted by molar-refractivity contribution is 5.34. The van der Waals surface area contributed by atoms with Crippen molar-refractivity contribution in [2.24, 2.45) is 7.05 Å². The predicted octanol–water partition coefficient (Wildman–Crippen LogP) is 0.270. The second-order valence-electron chi connectivity index (χ2n) is 4.33. The number of rotatable bonds is 3. The largest absolute Gasteiger partial charge is 0.369 e. The van der Waals surface area contributed by atoms with Crippen molar-refractivity contribution in [3.8, 4) is 0 Å². The molecule has 0 fully saturated rings. The van der Waals surface area contributed by atoms with E-state index in [1.165, 1.54) is 11.4 Å². The van der Waals surface area contributed by atoms with Gasteiger partial charge in [-0.1, -0.05) is 0 Å². The van der Waals surface area contributed by atoms with Crippen LogP contribution in [0.3, 0.4) is 0 Å². The van der Waals surface area contributed by atoms with Gasteiger partial charge in [0.1, 0.15) is 5.82 Å². The molecular formula is C11H16N6. The van der Waals surface area contributed by atoms with Crippen molar-refractivity contribution in [2.75, 3.05) is 11.9 Å². The maximum atomic E-state index is 4.33. The van der Waals surface area contributed by atoms with E-state index in [4.69, 9.17) is 0 Å². The number of fused-ring (bicyclic) bond motifs is 1. The molecule has 3 heterocycles. The first-order valence-corrected chi connectivity index (χ1v) is 5.79. The lowest BCUT2D eigenvalue weighted by Gasteiger charge is -2.23. The Labute approximate surface area is 99.4 Å². The lowest BCUT2D eigenvalue weighted by atomic mass is 10.1. The van der Waals surface area contributed by atoms with E-state index in [0.29, 0.717) is 6.04 Å². The molecule has 90 valence electrons.